The van der Waals surface area contributed by atoms with E-state index in [1.165, 1.54) is 58.3 Å². The van der Waals surface area contributed by atoms with Gasteiger partial charge in [0.15, 0.2) is 0 Å². The Morgan fingerprint density at radius 1 is 1.16 bits per heavy atom. The van der Waals surface area contributed by atoms with Crippen LogP contribution in [0.4, 0.5) is 0 Å². The molecule has 19 heavy (non-hydrogen) atoms. The summed E-state index contributed by atoms with van der Waals surface area (Å²) in [5.74, 6) is 1.01. The molecule has 1 saturated carbocycles. The number of nitrogens with zero attached hydrogens (tertiary/aromatic N) is 1. The van der Waals surface area contributed by atoms with Gasteiger partial charge in [0.1, 0.15) is 0 Å². The lowest BCUT2D eigenvalue weighted by atomic mass is 9.81. The summed E-state index contributed by atoms with van der Waals surface area (Å²) in [7, 11) is 0. The van der Waals surface area contributed by atoms with Crippen LogP contribution in [0.2, 0.25) is 0 Å². The van der Waals surface area contributed by atoms with E-state index in [9.17, 15) is 0 Å². The molecular formula is C17H36N2. The Morgan fingerprint density at radius 2 is 1.79 bits per heavy atom. The van der Waals surface area contributed by atoms with E-state index in [1.54, 1.807) is 0 Å². The lowest BCUT2D eigenvalue weighted by molar-refractivity contribution is 0.127. The fourth-order valence-corrected chi connectivity index (χ4v) is 2.89. The minimum Gasteiger partial charge on any atom is -0.314 e. The fourth-order valence-electron chi connectivity index (χ4n) is 2.89. The number of nitrogens with one attached hydrogen (secondary N) is 1. The summed E-state index contributed by atoms with van der Waals surface area (Å²) in [6.45, 7) is 16.6. The lowest BCUT2D eigenvalue weighted by Gasteiger charge is -2.38. The number of hydrogen-bond donors (Lipinski definition) is 1. The van der Waals surface area contributed by atoms with E-state index in [1.807, 2.05) is 0 Å². The summed E-state index contributed by atoms with van der Waals surface area (Å²) in [5, 5.41) is 3.68. The first kappa shape index (κ1) is 17.0. The first-order chi connectivity index (χ1) is 9.05. The number of hydrogen-bond acceptors (Lipinski definition) is 2. The van der Waals surface area contributed by atoms with E-state index in [-0.39, 0.29) is 0 Å². The quantitative estimate of drug-likeness (QED) is 0.611. The Labute approximate surface area is 121 Å². The fraction of sp³-hybridized carbons (Fsp3) is 1.00. The predicted molar refractivity (Wildman–Crippen MR) is 85.6 cm³/mol. The van der Waals surface area contributed by atoms with E-state index in [0.29, 0.717) is 11.5 Å². The molecule has 1 fully saturated rings. The zero-order valence-corrected chi connectivity index (χ0v) is 14.0. The van der Waals surface area contributed by atoms with Gasteiger partial charge in [-0.3, -0.25) is 0 Å². The maximum absolute atomic E-state index is 3.68. The first-order valence-corrected chi connectivity index (χ1v) is 8.51. The minimum absolute atomic E-state index is 0.467. The standard InChI is InChI=1S/C17H36N2/c1-6-11-19(12-16-9-10-16)14-17(7-2,8-3)13-18-15(4)5/h15-16,18H,6-14H2,1-5H3. The van der Waals surface area contributed by atoms with Crippen molar-refractivity contribution in [1.82, 2.24) is 10.2 Å². The third-order valence-electron chi connectivity index (χ3n) is 4.70. The highest BCUT2D eigenvalue weighted by Crippen LogP contribution is 2.32. The van der Waals surface area contributed by atoms with Crippen LogP contribution in [0.15, 0.2) is 0 Å². The zero-order chi connectivity index (χ0) is 14.3. The molecule has 0 amide bonds. The summed E-state index contributed by atoms with van der Waals surface area (Å²) in [6.07, 6.45) is 6.79. The SMILES string of the molecule is CCCN(CC1CC1)CC(CC)(CC)CNC(C)C. The Bertz CT molecular complexity index is 229. The van der Waals surface area contributed by atoms with Gasteiger partial charge in [-0.2, -0.15) is 0 Å². The van der Waals surface area contributed by atoms with Crippen molar-refractivity contribution >= 4 is 0 Å². The lowest BCUT2D eigenvalue weighted by Crippen LogP contribution is -2.45. The van der Waals surface area contributed by atoms with Crippen molar-refractivity contribution in [3.05, 3.63) is 0 Å². The van der Waals surface area contributed by atoms with Gasteiger partial charge < -0.3 is 10.2 Å². The molecule has 114 valence electrons. The Balaban J connectivity index is 2.55. The molecule has 0 radical (unpaired) electrons. The molecule has 0 aromatic carbocycles. The van der Waals surface area contributed by atoms with E-state index in [2.05, 4.69) is 44.8 Å². The van der Waals surface area contributed by atoms with Crippen LogP contribution in [0.25, 0.3) is 0 Å². The van der Waals surface area contributed by atoms with Gasteiger partial charge in [0.05, 0.1) is 0 Å². The van der Waals surface area contributed by atoms with Gasteiger partial charge in [0.2, 0.25) is 0 Å². The molecule has 0 aliphatic heterocycles. The van der Waals surface area contributed by atoms with Crippen molar-refractivity contribution < 1.29 is 0 Å². The van der Waals surface area contributed by atoms with Crippen LogP contribution in [0.5, 0.6) is 0 Å². The molecule has 0 aromatic rings. The van der Waals surface area contributed by atoms with Gasteiger partial charge >= 0.3 is 0 Å². The summed E-state index contributed by atoms with van der Waals surface area (Å²) < 4.78 is 0. The molecule has 0 unspecified atom stereocenters. The van der Waals surface area contributed by atoms with Crippen LogP contribution in [-0.4, -0.2) is 37.1 Å². The summed E-state index contributed by atoms with van der Waals surface area (Å²) in [4.78, 5) is 2.74. The van der Waals surface area contributed by atoms with E-state index in [0.717, 1.165) is 5.92 Å². The van der Waals surface area contributed by atoms with Crippen LogP contribution in [0, 0.1) is 11.3 Å². The molecule has 0 aromatic heterocycles. The van der Waals surface area contributed by atoms with Crippen LogP contribution < -0.4 is 5.32 Å². The average Bonchev–Trinajstić information content (AvgIpc) is 3.18. The molecule has 0 spiro atoms. The van der Waals surface area contributed by atoms with E-state index in [4.69, 9.17) is 0 Å². The number of rotatable bonds is 11. The second-order valence-corrected chi connectivity index (χ2v) is 6.92. The zero-order valence-electron chi connectivity index (χ0n) is 14.0. The van der Waals surface area contributed by atoms with Gasteiger partial charge in [-0.15, -0.1) is 0 Å². The van der Waals surface area contributed by atoms with Gasteiger partial charge in [0.25, 0.3) is 0 Å². The smallest absolute Gasteiger partial charge is 0.00500 e. The van der Waals surface area contributed by atoms with Gasteiger partial charge in [-0.05, 0) is 50.0 Å². The minimum atomic E-state index is 0.467. The second kappa shape index (κ2) is 8.26. The van der Waals surface area contributed by atoms with Gasteiger partial charge in [-0.25, -0.2) is 0 Å². The van der Waals surface area contributed by atoms with Crippen LogP contribution in [0.1, 0.15) is 66.7 Å². The molecule has 0 saturated heterocycles. The van der Waals surface area contributed by atoms with Crippen molar-refractivity contribution in [2.24, 2.45) is 11.3 Å². The summed E-state index contributed by atoms with van der Waals surface area (Å²) >= 11 is 0. The van der Waals surface area contributed by atoms with Crippen molar-refractivity contribution in [3.63, 3.8) is 0 Å². The van der Waals surface area contributed by atoms with Crippen molar-refractivity contribution in [2.45, 2.75) is 72.8 Å². The average molecular weight is 268 g/mol. The Morgan fingerprint density at radius 3 is 2.21 bits per heavy atom. The van der Waals surface area contributed by atoms with Crippen LogP contribution in [0.3, 0.4) is 0 Å². The third kappa shape index (κ3) is 6.27. The van der Waals surface area contributed by atoms with Crippen LogP contribution >= 0.6 is 0 Å². The molecule has 0 heterocycles. The summed E-state index contributed by atoms with van der Waals surface area (Å²) in [6, 6.07) is 0.598. The van der Waals surface area contributed by atoms with Crippen molar-refractivity contribution in [2.75, 3.05) is 26.2 Å². The largest absolute Gasteiger partial charge is 0.314 e. The molecule has 1 aliphatic rings. The van der Waals surface area contributed by atoms with Gasteiger partial charge in [-0.1, -0.05) is 34.6 Å². The molecule has 0 atom stereocenters. The van der Waals surface area contributed by atoms with Gasteiger partial charge in [0, 0.05) is 25.7 Å². The van der Waals surface area contributed by atoms with Crippen molar-refractivity contribution in [3.8, 4) is 0 Å². The van der Waals surface area contributed by atoms with Crippen molar-refractivity contribution in [1.29, 1.82) is 0 Å². The van der Waals surface area contributed by atoms with Crippen LogP contribution in [-0.2, 0) is 0 Å². The molecule has 1 aliphatic carbocycles. The van der Waals surface area contributed by atoms with E-state index < -0.39 is 0 Å². The predicted octanol–water partition coefficient (Wildman–Crippen LogP) is 3.91. The second-order valence-electron chi connectivity index (χ2n) is 6.92. The molecule has 1 rings (SSSR count). The maximum atomic E-state index is 3.68. The molecule has 2 heteroatoms. The normalized spacial score (nSPS) is 16.6. The molecular weight excluding hydrogens is 232 g/mol. The third-order valence-corrected chi connectivity index (χ3v) is 4.70. The molecule has 2 nitrogen and oxygen atoms in total. The Kier molecular flexibility index (Phi) is 7.38. The maximum Gasteiger partial charge on any atom is 0.00500 e. The summed E-state index contributed by atoms with van der Waals surface area (Å²) in [5.41, 5.74) is 0.467. The molecule has 1 N–H and O–H groups in total. The topological polar surface area (TPSA) is 15.3 Å². The highest BCUT2D eigenvalue weighted by atomic mass is 15.1. The first-order valence-electron chi connectivity index (χ1n) is 8.51. The Hall–Kier alpha value is -0.0800. The monoisotopic (exact) mass is 268 g/mol. The van der Waals surface area contributed by atoms with E-state index >= 15 is 0 Å². The highest BCUT2D eigenvalue weighted by Gasteiger charge is 2.31. The highest BCUT2D eigenvalue weighted by molar-refractivity contribution is 4.86. The molecule has 0 bridgehead atoms.